The average Bonchev–Trinajstić information content (AvgIpc) is 2.90. The number of thiophene rings is 2. The van der Waals surface area contributed by atoms with Gasteiger partial charge in [0, 0.05) is 22.3 Å². The van der Waals surface area contributed by atoms with Crippen molar-refractivity contribution < 1.29 is 0 Å². The van der Waals surface area contributed by atoms with Crippen LogP contribution in [0.2, 0.25) is 4.34 Å². The van der Waals surface area contributed by atoms with Crippen LogP contribution in [-0.2, 0) is 6.54 Å². The SMILES string of the molecule is CC12CC3CC(C1)CC(NCc1cc4cc(Cl)sc4s1)(C3)C2. The van der Waals surface area contributed by atoms with Crippen molar-refractivity contribution in [1.29, 1.82) is 0 Å². The van der Waals surface area contributed by atoms with Crippen molar-refractivity contribution in [3.05, 3.63) is 21.3 Å². The molecule has 22 heavy (non-hydrogen) atoms. The molecule has 2 aromatic heterocycles. The minimum atomic E-state index is 0.438. The Labute approximate surface area is 145 Å². The Morgan fingerprint density at radius 1 is 1.18 bits per heavy atom. The highest BCUT2D eigenvalue weighted by atomic mass is 35.5. The fourth-order valence-electron chi connectivity index (χ4n) is 6.15. The van der Waals surface area contributed by atoms with Crippen molar-refractivity contribution in [2.24, 2.45) is 17.3 Å². The first-order chi connectivity index (χ1) is 10.5. The van der Waals surface area contributed by atoms with Crippen molar-refractivity contribution in [1.82, 2.24) is 5.32 Å². The lowest BCUT2D eigenvalue weighted by Gasteiger charge is -2.61. The van der Waals surface area contributed by atoms with Gasteiger partial charge in [-0.1, -0.05) is 18.5 Å². The van der Waals surface area contributed by atoms with E-state index in [0.29, 0.717) is 11.0 Å². The van der Waals surface area contributed by atoms with E-state index in [4.69, 9.17) is 11.6 Å². The summed E-state index contributed by atoms with van der Waals surface area (Å²) in [7, 11) is 0. The summed E-state index contributed by atoms with van der Waals surface area (Å²) in [5.41, 5.74) is 1.06. The van der Waals surface area contributed by atoms with E-state index < -0.39 is 0 Å². The van der Waals surface area contributed by atoms with Gasteiger partial charge in [0.1, 0.15) is 0 Å². The lowest BCUT2D eigenvalue weighted by molar-refractivity contribution is -0.0725. The van der Waals surface area contributed by atoms with Crippen molar-refractivity contribution in [3.8, 4) is 0 Å². The summed E-state index contributed by atoms with van der Waals surface area (Å²) in [6.07, 6.45) is 8.72. The second-order valence-corrected chi connectivity index (χ2v) is 11.5. The van der Waals surface area contributed by atoms with E-state index in [-0.39, 0.29) is 0 Å². The van der Waals surface area contributed by atoms with Crippen LogP contribution in [0.25, 0.3) is 9.40 Å². The molecule has 2 heterocycles. The van der Waals surface area contributed by atoms with E-state index in [1.165, 1.54) is 52.8 Å². The minimum Gasteiger partial charge on any atom is -0.306 e. The quantitative estimate of drug-likeness (QED) is 0.708. The highest BCUT2D eigenvalue weighted by molar-refractivity contribution is 7.39. The molecule has 2 unspecified atom stereocenters. The molecule has 6 rings (SSSR count). The second-order valence-electron chi connectivity index (χ2n) is 8.41. The second kappa shape index (κ2) is 4.72. The predicted octanol–water partition coefficient (Wildman–Crippen LogP) is 6.06. The van der Waals surface area contributed by atoms with Crippen molar-refractivity contribution in [3.63, 3.8) is 0 Å². The molecule has 2 aromatic rings. The Balaban J connectivity index is 1.36. The summed E-state index contributed by atoms with van der Waals surface area (Å²) in [6.45, 7) is 3.59. The molecule has 4 saturated carbocycles. The molecule has 0 spiro atoms. The van der Waals surface area contributed by atoms with Gasteiger partial charge in [-0.2, -0.15) is 0 Å². The zero-order valence-electron chi connectivity index (χ0n) is 13.0. The summed E-state index contributed by atoms with van der Waals surface area (Å²) in [4.78, 5) is 1.47. The van der Waals surface area contributed by atoms with Crippen LogP contribution in [-0.4, -0.2) is 5.54 Å². The number of halogens is 1. The van der Waals surface area contributed by atoms with Crippen LogP contribution in [0.3, 0.4) is 0 Å². The van der Waals surface area contributed by atoms with Gasteiger partial charge in [0.15, 0.2) is 0 Å². The Morgan fingerprint density at radius 2 is 1.95 bits per heavy atom. The van der Waals surface area contributed by atoms with E-state index in [9.17, 15) is 0 Å². The molecule has 0 aliphatic heterocycles. The minimum absolute atomic E-state index is 0.438. The molecule has 2 atom stereocenters. The lowest BCUT2D eigenvalue weighted by Crippen LogP contribution is -2.61. The van der Waals surface area contributed by atoms with Crippen molar-refractivity contribution in [2.75, 3.05) is 0 Å². The molecule has 0 amide bonds. The molecular formula is C18H22ClNS2. The Morgan fingerprint density at radius 3 is 2.64 bits per heavy atom. The molecule has 1 nitrogen and oxygen atoms in total. The van der Waals surface area contributed by atoms with E-state index in [0.717, 1.165) is 22.7 Å². The highest BCUT2D eigenvalue weighted by Crippen LogP contribution is 2.61. The Hall–Kier alpha value is -0.0900. The molecule has 1 N–H and O–H groups in total. The molecule has 0 saturated heterocycles. The summed E-state index contributed by atoms with van der Waals surface area (Å²) in [5, 5.41) is 5.34. The predicted molar refractivity (Wildman–Crippen MR) is 97.1 cm³/mol. The standard InChI is InChI=1S/C18H22ClNS2/c1-17-5-11-2-12(6-17)8-18(7-11,10-17)20-9-14-3-13-4-15(19)22-16(13)21-14/h3-4,11-12,20H,2,5-10H2,1H3. The third-order valence-electron chi connectivity index (χ3n) is 6.23. The van der Waals surface area contributed by atoms with Gasteiger partial charge in [-0.15, -0.1) is 22.7 Å². The summed E-state index contributed by atoms with van der Waals surface area (Å²) >= 11 is 9.72. The molecule has 4 aliphatic rings. The largest absolute Gasteiger partial charge is 0.306 e. The third-order valence-corrected chi connectivity index (χ3v) is 8.75. The van der Waals surface area contributed by atoms with Gasteiger partial charge in [0.2, 0.25) is 0 Å². The molecule has 0 radical (unpaired) electrons. The van der Waals surface area contributed by atoms with Crippen molar-refractivity contribution in [2.45, 2.75) is 57.5 Å². The topological polar surface area (TPSA) is 12.0 Å². The first kappa shape index (κ1) is 14.3. The summed E-state index contributed by atoms with van der Waals surface area (Å²) in [6, 6.07) is 4.44. The van der Waals surface area contributed by atoms with Gasteiger partial charge in [-0.25, -0.2) is 0 Å². The average molecular weight is 352 g/mol. The number of nitrogens with one attached hydrogen (secondary N) is 1. The molecule has 0 aromatic carbocycles. The third kappa shape index (κ3) is 2.28. The van der Waals surface area contributed by atoms with E-state index in [1.807, 2.05) is 11.3 Å². The van der Waals surface area contributed by atoms with Crippen LogP contribution < -0.4 is 5.32 Å². The molecule has 4 fully saturated rings. The zero-order valence-corrected chi connectivity index (χ0v) is 15.3. The van der Waals surface area contributed by atoms with Crippen LogP contribution in [0.4, 0.5) is 0 Å². The molecule has 4 bridgehead atoms. The van der Waals surface area contributed by atoms with E-state index in [1.54, 1.807) is 11.3 Å². The fourth-order valence-corrected chi connectivity index (χ4v) is 8.80. The first-order valence-electron chi connectivity index (χ1n) is 8.44. The van der Waals surface area contributed by atoms with Crippen LogP contribution >= 0.6 is 34.3 Å². The number of hydrogen-bond donors (Lipinski definition) is 1. The number of hydrogen-bond acceptors (Lipinski definition) is 3. The maximum absolute atomic E-state index is 6.09. The highest BCUT2D eigenvalue weighted by Gasteiger charge is 2.55. The summed E-state index contributed by atoms with van der Waals surface area (Å²) < 4.78 is 2.29. The van der Waals surface area contributed by atoms with Crippen LogP contribution in [0.15, 0.2) is 12.1 Å². The number of rotatable bonds is 3. The van der Waals surface area contributed by atoms with Gasteiger partial charge in [-0.05, 0) is 67.9 Å². The van der Waals surface area contributed by atoms with Gasteiger partial charge >= 0.3 is 0 Å². The van der Waals surface area contributed by atoms with Gasteiger partial charge in [-0.3, -0.25) is 0 Å². The summed E-state index contributed by atoms with van der Waals surface area (Å²) in [5.74, 6) is 1.98. The van der Waals surface area contributed by atoms with E-state index >= 15 is 0 Å². The smallest absolute Gasteiger partial charge is 0.0949 e. The van der Waals surface area contributed by atoms with Gasteiger partial charge < -0.3 is 5.32 Å². The zero-order chi connectivity index (χ0) is 14.9. The van der Waals surface area contributed by atoms with Crippen LogP contribution in [0, 0.1) is 17.3 Å². The molecule has 118 valence electrons. The fraction of sp³-hybridized carbons (Fsp3) is 0.667. The van der Waals surface area contributed by atoms with Crippen molar-refractivity contribution >= 4 is 43.7 Å². The number of fused-ring (bicyclic) bond motifs is 1. The normalized spacial score (nSPS) is 39.9. The molecule has 4 aliphatic carbocycles. The maximum Gasteiger partial charge on any atom is 0.0949 e. The van der Waals surface area contributed by atoms with Gasteiger partial charge in [0.25, 0.3) is 0 Å². The van der Waals surface area contributed by atoms with Crippen LogP contribution in [0.1, 0.15) is 50.3 Å². The van der Waals surface area contributed by atoms with E-state index in [2.05, 4.69) is 24.4 Å². The molecule has 4 heteroatoms. The van der Waals surface area contributed by atoms with Crippen LogP contribution in [0.5, 0.6) is 0 Å². The monoisotopic (exact) mass is 351 g/mol. The van der Waals surface area contributed by atoms with Gasteiger partial charge in [0.05, 0.1) is 8.35 Å². The Bertz CT molecular complexity index is 685. The lowest BCUT2D eigenvalue weighted by atomic mass is 9.47. The first-order valence-corrected chi connectivity index (χ1v) is 10.4. The Kier molecular flexibility index (Phi) is 3.06. The maximum atomic E-state index is 6.09. The molecular weight excluding hydrogens is 330 g/mol.